The molecule has 0 spiro atoms. The van der Waals surface area contributed by atoms with Gasteiger partial charge in [0.05, 0.1) is 36.6 Å². The van der Waals surface area contributed by atoms with Gasteiger partial charge in [-0.05, 0) is 76.9 Å². The van der Waals surface area contributed by atoms with E-state index in [1.807, 2.05) is 4.57 Å². The molecule has 0 saturated carbocycles. The van der Waals surface area contributed by atoms with Crippen LogP contribution < -0.4 is 0 Å². The van der Waals surface area contributed by atoms with E-state index < -0.39 is 0 Å². The van der Waals surface area contributed by atoms with Gasteiger partial charge >= 0.3 is 0 Å². The van der Waals surface area contributed by atoms with Crippen molar-refractivity contribution in [1.82, 2.24) is 9.47 Å². The normalized spacial score (nSPS) is 19.8. The molecule has 5 heteroatoms. The van der Waals surface area contributed by atoms with Gasteiger partial charge in [0.15, 0.2) is 0 Å². The average Bonchev–Trinajstić information content (AvgIpc) is 2.95. The SMILES string of the molecule is CC(C)n1c(O)c(C2=NCCOC2)c2cc(CC3CCN(C)CC3)ccc21. The molecule has 2 aliphatic rings. The molecule has 5 nitrogen and oxygen atoms in total. The summed E-state index contributed by atoms with van der Waals surface area (Å²) in [5, 5.41) is 12.1. The minimum Gasteiger partial charge on any atom is -0.494 e. The number of aliphatic imine (C=N–C) groups is 1. The highest BCUT2D eigenvalue weighted by Gasteiger charge is 2.24. The van der Waals surface area contributed by atoms with Crippen LogP contribution in [0.1, 0.15) is 43.9 Å². The standard InChI is InChI=1S/C22H31N3O2/c1-15(2)25-20-5-4-17(12-16-6-9-24(3)10-7-16)13-18(20)21(22(25)26)19-14-27-11-8-23-19/h4-5,13,15-16,26H,6-12,14H2,1-3H3. The van der Waals surface area contributed by atoms with E-state index in [0.29, 0.717) is 25.6 Å². The molecule has 4 rings (SSSR count). The highest BCUT2D eigenvalue weighted by atomic mass is 16.5. The molecule has 1 fully saturated rings. The number of hydrogen-bond acceptors (Lipinski definition) is 4. The lowest BCUT2D eigenvalue weighted by Gasteiger charge is -2.29. The van der Waals surface area contributed by atoms with Gasteiger partial charge < -0.3 is 19.3 Å². The Kier molecular flexibility index (Phi) is 5.24. The summed E-state index contributed by atoms with van der Waals surface area (Å²) < 4.78 is 7.63. The maximum Gasteiger partial charge on any atom is 0.201 e. The van der Waals surface area contributed by atoms with Crippen molar-refractivity contribution in [2.75, 3.05) is 39.9 Å². The summed E-state index contributed by atoms with van der Waals surface area (Å²) in [4.78, 5) is 7.07. The largest absolute Gasteiger partial charge is 0.494 e. The monoisotopic (exact) mass is 369 g/mol. The second-order valence-electron chi connectivity index (χ2n) is 8.35. The molecular formula is C22H31N3O2. The fraction of sp³-hybridized carbons (Fsp3) is 0.591. The summed E-state index contributed by atoms with van der Waals surface area (Å²) in [5.41, 5.74) is 4.18. The van der Waals surface area contributed by atoms with Crippen molar-refractivity contribution >= 4 is 16.6 Å². The molecule has 3 heterocycles. The van der Waals surface area contributed by atoms with Crippen molar-refractivity contribution in [3.05, 3.63) is 29.3 Å². The summed E-state index contributed by atoms with van der Waals surface area (Å²) >= 11 is 0. The van der Waals surface area contributed by atoms with Crippen LogP contribution in [-0.2, 0) is 11.2 Å². The predicted molar refractivity (Wildman–Crippen MR) is 110 cm³/mol. The van der Waals surface area contributed by atoms with Crippen molar-refractivity contribution in [3.8, 4) is 5.88 Å². The van der Waals surface area contributed by atoms with Gasteiger partial charge in [0.25, 0.3) is 0 Å². The Balaban J connectivity index is 1.73. The number of hydrogen-bond donors (Lipinski definition) is 1. The summed E-state index contributed by atoms with van der Waals surface area (Å²) in [5.74, 6) is 1.07. The zero-order valence-electron chi connectivity index (χ0n) is 16.7. The summed E-state index contributed by atoms with van der Waals surface area (Å²) in [6.07, 6.45) is 3.64. The number of fused-ring (bicyclic) bond motifs is 1. The maximum absolute atomic E-state index is 11.0. The first-order valence-electron chi connectivity index (χ1n) is 10.2. The highest BCUT2D eigenvalue weighted by molar-refractivity contribution is 6.14. The molecule has 2 aromatic rings. The molecule has 1 saturated heterocycles. The van der Waals surface area contributed by atoms with Crippen molar-refractivity contribution in [2.45, 2.75) is 39.2 Å². The molecule has 0 radical (unpaired) electrons. The van der Waals surface area contributed by atoms with E-state index in [9.17, 15) is 5.11 Å². The van der Waals surface area contributed by atoms with Gasteiger partial charge in [-0.25, -0.2) is 0 Å². The highest BCUT2D eigenvalue weighted by Crippen LogP contribution is 2.36. The third-order valence-corrected chi connectivity index (χ3v) is 5.99. The molecule has 146 valence electrons. The van der Waals surface area contributed by atoms with Crippen LogP contribution in [0.15, 0.2) is 23.2 Å². The molecule has 0 amide bonds. The van der Waals surface area contributed by atoms with Crippen molar-refractivity contribution in [2.24, 2.45) is 10.9 Å². The van der Waals surface area contributed by atoms with E-state index >= 15 is 0 Å². The molecule has 1 aromatic carbocycles. The Morgan fingerprint density at radius 1 is 1.26 bits per heavy atom. The summed E-state index contributed by atoms with van der Waals surface area (Å²) in [6, 6.07) is 6.87. The fourth-order valence-corrected chi connectivity index (χ4v) is 4.49. The topological polar surface area (TPSA) is 50.0 Å². The van der Waals surface area contributed by atoms with Crippen LogP contribution in [0.5, 0.6) is 5.88 Å². The van der Waals surface area contributed by atoms with E-state index in [1.54, 1.807) is 0 Å². The van der Waals surface area contributed by atoms with Gasteiger partial charge in [0, 0.05) is 11.4 Å². The number of aromatic nitrogens is 1. The molecule has 0 atom stereocenters. The van der Waals surface area contributed by atoms with Crippen LogP contribution in [-0.4, -0.2) is 60.2 Å². The number of likely N-dealkylation sites (tertiary alicyclic amines) is 1. The second kappa shape index (κ2) is 7.64. The first-order valence-corrected chi connectivity index (χ1v) is 10.2. The molecule has 1 aromatic heterocycles. The van der Waals surface area contributed by atoms with Gasteiger partial charge in [0.2, 0.25) is 5.88 Å². The fourth-order valence-electron chi connectivity index (χ4n) is 4.49. The average molecular weight is 370 g/mol. The van der Waals surface area contributed by atoms with Crippen LogP contribution in [0.25, 0.3) is 10.9 Å². The number of benzene rings is 1. The Labute approximate surface area is 161 Å². The third kappa shape index (κ3) is 3.63. The van der Waals surface area contributed by atoms with Crippen molar-refractivity contribution in [3.63, 3.8) is 0 Å². The first-order chi connectivity index (χ1) is 13.0. The zero-order valence-corrected chi connectivity index (χ0v) is 16.7. The van der Waals surface area contributed by atoms with Crippen LogP contribution in [0.2, 0.25) is 0 Å². The van der Waals surface area contributed by atoms with E-state index in [-0.39, 0.29) is 6.04 Å². The lowest BCUT2D eigenvalue weighted by molar-refractivity contribution is 0.171. The lowest BCUT2D eigenvalue weighted by atomic mass is 9.90. The number of nitrogens with zero attached hydrogens (tertiary/aromatic N) is 3. The molecule has 2 aliphatic heterocycles. The van der Waals surface area contributed by atoms with Gasteiger partial charge in [0.1, 0.15) is 0 Å². The van der Waals surface area contributed by atoms with Gasteiger partial charge in [-0.1, -0.05) is 6.07 Å². The van der Waals surface area contributed by atoms with Crippen molar-refractivity contribution < 1.29 is 9.84 Å². The van der Waals surface area contributed by atoms with Gasteiger partial charge in [-0.15, -0.1) is 0 Å². The Bertz CT molecular complexity index is 845. The molecule has 1 N–H and O–H groups in total. The van der Waals surface area contributed by atoms with Crippen LogP contribution in [0.3, 0.4) is 0 Å². The number of piperidine rings is 1. The summed E-state index contributed by atoms with van der Waals surface area (Å²) in [7, 11) is 2.21. The Hall–Kier alpha value is -1.85. The third-order valence-electron chi connectivity index (χ3n) is 5.99. The predicted octanol–water partition coefficient (Wildman–Crippen LogP) is 3.63. The minimum absolute atomic E-state index is 0.186. The van der Waals surface area contributed by atoms with Crippen LogP contribution in [0.4, 0.5) is 0 Å². The zero-order chi connectivity index (χ0) is 19.0. The summed E-state index contributed by atoms with van der Waals surface area (Å²) in [6.45, 7) is 8.40. The Morgan fingerprint density at radius 2 is 2.04 bits per heavy atom. The molecule has 0 aliphatic carbocycles. The molecule has 0 bridgehead atoms. The maximum atomic E-state index is 11.0. The first kappa shape index (κ1) is 18.5. The van der Waals surface area contributed by atoms with Crippen LogP contribution in [0, 0.1) is 5.92 Å². The molecule has 27 heavy (non-hydrogen) atoms. The number of aromatic hydroxyl groups is 1. The molecule has 0 unspecified atom stereocenters. The Morgan fingerprint density at radius 3 is 2.70 bits per heavy atom. The van der Waals surface area contributed by atoms with E-state index in [0.717, 1.165) is 34.5 Å². The minimum atomic E-state index is 0.186. The molecular weight excluding hydrogens is 338 g/mol. The number of rotatable bonds is 4. The smallest absolute Gasteiger partial charge is 0.201 e. The van der Waals surface area contributed by atoms with E-state index in [1.165, 1.54) is 31.5 Å². The lowest BCUT2D eigenvalue weighted by Crippen LogP contribution is -2.30. The van der Waals surface area contributed by atoms with E-state index in [4.69, 9.17) is 4.74 Å². The van der Waals surface area contributed by atoms with E-state index in [2.05, 4.69) is 49.0 Å². The number of ether oxygens (including phenoxy) is 1. The van der Waals surface area contributed by atoms with Gasteiger partial charge in [-0.3, -0.25) is 4.99 Å². The van der Waals surface area contributed by atoms with Crippen LogP contribution >= 0.6 is 0 Å². The quantitative estimate of drug-likeness (QED) is 0.895. The second-order valence-corrected chi connectivity index (χ2v) is 8.35. The van der Waals surface area contributed by atoms with Gasteiger partial charge in [-0.2, -0.15) is 0 Å². The van der Waals surface area contributed by atoms with Crippen molar-refractivity contribution in [1.29, 1.82) is 0 Å².